The van der Waals surface area contributed by atoms with E-state index in [-0.39, 0.29) is 0 Å². The maximum atomic E-state index is 2.48. The van der Waals surface area contributed by atoms with Crippen molar-refractivity contribution < 1.29 is 16.6 Å². The van der Waals surface area contributed by atoms with E-state index in [1.807, 2.05) is 7.76 Å². The summed E-state index contributed by atoms with van der Waals surface area (Å²) in [5.74, 6) is 0. The fourth-order valence-corrected chi connectivity index (χ4v) is 12.4. The molecule has 0 fully saturated rings. The van der Waals surface area contributed by atoms with E-state index >= 15 is 0 Å². The summed E-state index contributed by atoms with van der Waals surface area (Å²) in [5.41, 5.74) is 0. The summed E-state index contributed by atoms with van der Waals surface area (Å²) < 4.78 is 6.77. The average Bonchev–Trinajstić information content (AvgIpc) is 3.12. The van der Waals surface area contributed by atoms with E-state index < -0.39 is 16.6 Å². The van der Waals surface area contributed by atoms with Gasteiger partial charge in [-0.2, -0.15) is 0 Å². The topological polar surface area (TPSA) is 0 Å². The molecule has 0 aromatic heterocycles. The molecule has 0 saturated carbocycles. The van der Waals surface area contributed by atoms with Gasteiger partial charge in [-0.25, -0.2) is 0 Å². The second-order valence-electron chi connectivity index (χ2n) is 5.94. The Labute approximate surface area is 122 Å². The van der Waals surface area contributed by atoms with Gasteiger partial charge in [0.1, 0.15) is 0 Å². The van der Waals surface area contributed by atoms with Crippen molar-refractivity contribution in [2.45, 2.75) is 61.8 Å². The van der Waals surface area contributed by atoms with E-state index in [9.17, 15) is 0 Å². The molecule has 0 aromatic rings. The third kappa shape index (κ3) is 3.41. The van der Waals surface area contributed by atoms with Crippen molar-refractivity contribution in [1.82, 2.24) is 0 Å². The summed E-state index contributed by atoms with van der Waals surface area (Å²) in [5, 5.41) is 0. The first-order valence-corrected chi connectivity index (χ1v) is 11.8. The van der Waals surface area contributed by atoms with Gasteiger partial charge < -0.3 is 0 Å². The monoisotopic (exact) mass is 292 g/mol. The van der Waals surface area contributed by atoms with Crippen LogP contribution >= 0.6 is 0 Å². The molecule has 0 saturated heterocycles. The second kappa shape index (κ2) is 7.45. The molecule has 0 amide bonds. The first-order chi connectivity index (χ1) is 9.33. The van der Waals surface area contributed by atoms with Crippen LogP contribution in [-0.2, 0) is 16.6 Å². The van der Waals surface area contributed by atoms with Gasteiger partial charge in [0.25, 0.3) is 0 Å². The van der Waals surface area contributed by atoms with Crippen molar-refractivity contribution in [3.63, 3.8) is 0 Å². The molecule has 0 N–H and O–H groups in total. The molecule has 2 aliphatic rings. The van der Waals surface area contributed by atoms with Crippen LogP contribution in [0.3, 0.4) is 0 Å². The molecule has 0 atom stereocenters. The number of allylic oxidation sites excluding steroid dienone is 8. The van der Waals surface area contributed by atoms with Crippen LogP contribution in [0, 0.1) is 0 Å². The first kappa shape index (κ1) is 15.1. The summed E-state index contributed by atoms with van der Waals surface area (Å²) in [7, 11) is 0. The van der Waals surface area contributed by atoms with Gasteiger partial charge in [0.2, 0.25) is 0 Å². The Balaban J connectivity index is 2.25. The minimum atomic E-state index is -1.98. The van der Waals surface area contributed by atoms with E-state index in [0.717, 1.165) is 0 Å². The Hall–Kier alpha value is -0.326. The molecule has 0 radical (unpaired) electrons. The Bertz CT molecular complexity index is 369. The van der Waals surface area contributed by atoms with E-state index in [1.165, 1.54) is 48.0 Å². The van der Waals surface area contributed by atoms with E-state index in [1.54, 1.807) is 0 Å². The first-order valence-electron chi connectivity index (χ1n) is 8.06. The zero-order chi connectivity index (χ0) is 13.6. The fraction of sp³-hybridized carbons (Fsp3) is 0.556. The van der Waals surface area contributed by atoms with Crippen LogP contribution in [0.15, 0.2) is 44.2 Å². The molecule has 1 heteroatoms. The predicted octanol–water partition coefficient (Wildman–Crippen LogP) is 6.26. The number of rotatable bonds is 8. The van der Waals surface area contributed by atoms with Gasteiger partial charge in [-0.05, 0) is 0 Å². The third-order valence-electron chi connectivity index (χ3n) is 4.69. The molecule has 0 spiro atoms. The molecule has 19 heavy (non-hydrogen) atoms. The van der Waals surface area contributed by atoms with Gasteiger partial charge in [-0.3, -0.25) is 0 Å². The van der Waals surface area contributed by atoms with E-state index in [2.05, 4.69) is 50.3 Å². The van der Waals surface area contributed by atoms with Crippen LogP contribution in [-0.4, -0.2) is 0 Å². The van der Waals surface area contributed by atoms with Crippen LogP contribution in [0.25, 0.3) is 0 Å². The minimum absolute atomic E-state index is 1.25. The third-order valence-corrected chi connectivity index (χ3v) is 13.5. The molecule has 0 bridgehead atoms. The zero-order valence-corrected chi connectivity index (χ0v) is 14.2. The van der Waals surface area contributed by atoms with Gasteiger partial charge in [-0.15, -0.1) is 0 Å². The molecular weight excluding hydrogens is 264 g/mol. The Morgan fingerprint density at radius 2 is 1.32 bits per heavy atom. The van der Waals surface area contributed by atoms with E-state index in [4.69, 9.17) is 0 Å². The molecule has 0 aromatic carbocycles. The van der Waals surface area contributed by atoms with Crippen molar-refractivity contribution in [1.29, 1.82) is 0 Å². The van der Waals surface area contributed by atoms with Gasteiger partial charge in [0.05, 0.1) is 0 Å². The molecule has 0 unspecified atom stereocenters. The Morgan fingerprint density at radius 1 is 0.842 bits per heavy atom. The van der Waals surface area contributed by atoms with Crippen molar-refractivity contribution in [2.75, 3.05) is 0 Å². The standard InChI is InChI=1S/2C5H5.2C4H9.Ti/c2*1-2-4-5-3-1;2*1-3-4-2;/h2*1-3H,4H2;2*1,3-4H2,2H3;. The summed E-state index contributed by atoms with van der Waals surface area (Å²) in [4.78, 5) is 0. The molecule has 2 rings (SSSR count). The normalized spacial score (nSPS) is 18.0. The van der Waals surface area contributed by atoms with Gasteiger partial charge in [0, 0.05) is 0 Å². The van der Waals surface area contributed by atoms with Crippen molar-refractivity contribution >= 4 is 0 Å². The van der Waals surface area contributed by atoms with Gasteiger partial charge >= 0.3 is 123 Å². The summed E-state index contributed by atoms with van der Waals surface area (Å²) in [6.07, 6.45) is 22.4. The molecule has 0 aliphatic heterocycles. The van der Waals surface area contributed by atoms with Crippen molar-refractivity contribution in [3.05, 3.63) is 44.2 Å². The van der Waals surface area contributed by atoms with Crippen LogP contribution in [0.5, 0.6) is 0 Å². The van der Waals surface area contributed by atoms with E-state index in [0.29, 0.717) is 0 Å². The maximum absolute atomic E-state index is 2.48. The summed E-state index contributed by atoms with van der Waals surface area (Å²) >= 11 is -1.98. The van der Waals surface area contributed by atoms with Crippen LogP contribution in [0.4, 0.5) is 0 Å². The summed E-state index contributed by atoms with van der Waals surface area (Å²) in [6, 6.07) is 0. The SMILES string of the molecule is CCC[CH2][Ti]([CH2]CCC)([C]1=CC=CC1)[C]1=CC=CC1. The quantitative estimate of drug-likeness (QED) is 0.463. The van der Waals surface area contributed by atoms with Crippen LogP contribution < -0.4 is 0 Å². The molecule has 2 aliphatic carbocycles. The number of hydrogen-bond donors (Lipinski definition) is 0. The van der Waals surface area contributed by atoms with Gasteiger partial charge in [0.15, 0.2) is 0 Å². The number of unbranched alkanes of at least 4 members (excludes halogenated alkanes) is 2. The van der Waals surface area contributed by atoms with Crippen molar-refractivity contribution in [3.8, 4) is 0 Å². The molecule has 0 heterocycles. The predicted molar refractivity (Wildman–Crippen MR) is 83.1 cm³/mol. The zero-order valence-electron chi connectivity index (χ0n) is 12.6. The number of hydrogen-bond acceptors (Lipinski definition) is 0. The molecule has 104 valence electrons. The van der Waals surface area contributed by atoms with Gasteiger partial charge in [-0.1, -0.05) is 0 Å². The fourth-order valence-electron chi connectivity index (χ4n) is 3.53. The van der Waals surface area contributed by atoms with Crippen LogP contribution in [0.1, 0.15) is 52.4 Å². The Kier molecular flexibility index (Phi) is 5.91. The van der Waals surface area contributed by atoms with Crippen LogP contribution in [0.2, 0.25) is 9.45 Å². The molecular formula is C18H28Ti. The average molecular weight is 292 g/mol. The second-order valence-corrected chi connectivity index (χ2v) is 12.9. The Morgan fingerprint density at radius 3 is 1.63 bits per heavy atom. The van der Waals surface area contributed by atoms with Crippen molar-refractivity contribution in [2.24, 2.45) is 0 Å². The summed E-state index contributed by atoms with van der Waals surface area (Å²) in [6.45, 7) is 4.69. The molecule has 0 nitrogen and oxygen atoms in total.